The number of carboxylic acids is 1. The molecule has 0 bridgehead atoms. The van der Waals surface area contributed by atoms with Crippen LogP contribution in [0.3, 0.4) is 0 Å². The van der Waals surface area contributed by atoms with Crippen LogP contribution in [0.15, 0.2) is 16.7 Å². The number of aromatic carboxylic acids is 1. The summed E-state index contributed by atoms with van der Waals surface area (Å²) >= 11 is 2.96. The van der Waals surface area contributed by atoms with Crippen molar-refractivity contribution in [2.75, 3.05) is 0 Å². The Labute approximate surface area is 85.9 Å². The molecule has 2 rings (SSSR count). The van der Waals surface area contributed by atoms with Gasteiger partial charge in [-0.2, -0.15) is 0 Å². The fourth-order valence-electron chi connectivity index (χ4n) is 1.13. The first-order valence-electron chi connectivity index (χ1n) is 3.65. The predicted octanol–water partition coefficient (Wildman–Crippen LogP) is 2.16. The predicted molar refractivity (Wildman–Crippen MR) is 50.7 cm³/mol. The van der Waals surface area contributed by atoms with Gasteiger partial charge in [-0.1, -0.05) is 0 Å². The maximum Gasteiger partial charge on any atom is 0.352 e. The van der Waals surface area contributed by atoms with Gasteiger partial charge in [-0.15, -0.1) is 0 Å². The Balaban J connectivity index is 2.77. The van der Waals surface area contributed by atoms with Gasteiger partial charge in [0.1, 0.15) is 17.2 Å². The van der Waals surface area contributed by atoms with Gasteiger partial charge in [0.05, 0.1) is 9.86 Å². The number of fused-ring (bicyclic) bond motifs is 1. The van der Waals surface area contributed by atoms with Crippen LogP contribution >= 0.6 is 15.9 Å². The lowest BCUT2D eigenvalue weighted by Gasteiger charge is -1.93. The average Bonchev–Trinajstić information content (AvgIpc) is 2.56. The lowest BCUT2D eigenvalue weighted by molar-refractivity contribution is 0.0691. The third kappa shape index (κ3) is 1.27. The summed E-state index contributed by atoms with van der Waals surface area (Å²) in [6.07, 6.45) is 1.28. The number of hydrogen-bond donors (Lipinski definition) is 2. The summed E-state index contributed by atoms with van der Waals surface area (Å²) < 4.78 is 13.6. The highest BCUT2D eigenvalue weighted by atomic mass is 79.9. The minimum atomic E-state index is -1.14. The highest BCUT2D eigenvalue weighted by Gasteiger charge is 2.13. The van der Waals surface area contributed by atoms with Crippen LogP contribution in [0.25, 0.3) is 11.0 Å². The molecule has 0 aliphatic carbocycles. The van der Waals surface area contributed by atoms with Crippen molar-refractivity contribution in [3.05, 3.63) is 28.2 Å². The number of nitrogens with one attached hydrogen (secondary N) is 1. The Morgan fingerprint density at radius 2 is 2.36 bits per heavy atom. The van der Waals surface area contributed by atoms with Crippen molar-refractivity contribution in [1.29, 1.82) is 0 Å². The lowest BCUT2D eigenvalue weighted by Crippen LogP contribution is -1.94. The number of carbonyl (C=O) groups is 1. The molecular formula is C8H4BrFN2O2. The van der Waals surface area contributed by atoms with Crippen LogP contribution in [0.1, 0.15) is 10.5 Å². The number of H-pyrrole nitrogens is 1. The first kappa shape index (κ1) is 9.14. The summed E-state index contributed by atoms with van der Waals surface area (Å²) in [6.45, 7) is 0. The maximum absolute atomic E-state index is 13.4. The van der Waals surface area contributed by atoms with Gasteiger partial charge in [0.2, 0.25) is 0 Å². The Bertz CT molecular complexity index is 523. The first-order valence-corrected chi connectivity index (χ1v) is 4.45. The number of aromatic amines is 1. The monoisotopic (exact) mass is 258 g/mol. The van der Waals surface area contributed by atoms with Gasteiger partial charge < -0.3 is 10.1 Å². The van der Waals surface area contributed by atoms with Crippen molar-refractivity contribution in [2.45, 2.75) is 0 Å². The normalized spacial score (nSPS) is 10.7. The molecule has 6 heteroatoms. The van der Waals surface area contributed by atoms with Gasteiger partial charge in [0, 0.05) is 6.20 Å². The minimum Gasteiger partial charge on any atom is -0.477 e. The van der Waals surface area contributed by atoms with Gasteiger partial charge in [-0.25, -0.2) is 14.2 Å². The van der Waals surface area contributed by atoms with E-state index in [4.69, 9.17) is 5.11 Å². The molecule has 2 heterocycles. The number of nitrogens with zero attached hydrogens (tertiary/aromatic N) is 1. The summed E-state index contributed by atoms with van der Waals surface area (Å²) in [7, 11) is 0. The molecule has 2 N–H and O–H groups in total. The smallest absolute Gasteiger partial charge is 0.352 e. The standard InChI is InChI=1S/C8H4BrFN2O2/c9-4-2-11-7-3(6(4)10)1-5(12-7)8(13)14/h1-2H,(H,11,12)(H,13,14). The molecule has 0 atom stereocenters. The van der Waals surface area contributed by atoms with E-state index in [-0.39, 0.29) is 21.2 Å². The van der Waals surface area contributed by atoms with Crippen molar-refractivity contribution >= 4 is 32.9 Å². The van der Waals surface area contributed by atoms with E-state index in [1.54, 1.807) is 0 Å². The van der Waals surface area contributed by atoms with Gasteiger partial charge in [0.25, 0.3) is 0 Å². The largest absolute Gasteiger partial charge is 0.477 e. The molecule has 0 aliphatic heterocycles. The van der Waals surface area contributed by atoms with Gasteiger partial charge in [-0.05, 0) is 22.0 Å². The zero-order valence-electron chi connectivity index (χ0n) is 6.71. The Kier molecular flexibility index (Phi) is 1.99. The van der Waals surface area contributed by atoms with Gasteiger partial charge in [-0.3, -0.25) is 0 Å². The molecule has 2 aromatic rings. The second-order valence-electron chi connectivity index (χ2n) is 2.67. The molecular weight excluding hydrogens is 255 g/mol. The average molecular weight is 259 g/mol. The van der Waals surface area contributed by atoms with Crippen molar-refractivity contribution in [2.24, 2.45) is 0 Å². The zero-order valence-corrected chi connectivity index (χ0v) is 8.30. The molecule has 0 amide bonds. The van der Waals surface area contributed by atoms with Crippen molar-refractivity contribution in [1.82, 2.24) is 9.97 Å². The summed E-state index contributed by atoms with van der Waals surface area (Å²) in [6, 6.07) is 1.21. The summed E-state index contributed by atoms with van der Waals surface area (Å²) in [5, 5.41) is 8.82. The molecule has 2 aromatic heterocycles. The van der Waals surface area contributed by atoms with Crippen LogP contribution in [-0.2, 0) is 0 Å². The number of halogens is 2. The topological polar surface area (TPSA) is 66.0 Å². The van der Waals surface area contributed by atoms with Crippen molar-refractivity contribution in [3.63, 3.8) is 0 Å². The van der Waals surface area contributed by atoms with E-state index in [0.717, 1.165) is 0 Å². The van der Waals surface area contributed by atoms with Gasteiger partial charge >= 0.3 is 5.97 Å². The van der Waals surface area contributed by atoms with Crippen molar-refractivity contribution < 1.29 is 14.3 Å². The van der Waals surface area contributed by atoms with E-state index in [9.17, 15) is 9.18 Å². The van der Waals surface area contributed by atoms with Crippen molar-refractivity contribution in [3.8, 4) is 0 Å². The number of pyridine rings is 1. The highest BCUT2D eigenvalue weighted by Crippen LogP contribution is 2.23. The third-order valence-corrected chi connectivity index (χ3v) is 2.33. The molecule has 0 aliphatic rings. The number of carboxylic acid groups (broad SMARTS) is 1. The highest BCUT2D eigenvalue weighted by molar-refractivity contribution is 9.10. The number of rotatable bonds is 1. The van der Waals surface area contributed by atoms with Crippen LogP contribution in [0.2, 0.25) is 0 Å². The fourth-order valence-corrected chi connectivity index (χ4v) is 1.45. The second-order valence-corrected chi connectivity index (χ2v) is 3.52. The van der Waals surface area contributed by atoms with E-state index < -0.39 is 11.8 Å². The van der Waals surface area contributed by atoms with Crippen LogP contribution in [0.5, 0.6) is 0 Å². The quantitative estimate of drug-likeness (QED) is 0.824. The zero-order chi connectivity index (χ0) is 10.3. The van der Waals surface area contributed by atoms with E-state index >= 15 is 0 Å². The molecule has 0 radical (unpaired) electrons. The van der Waals surface area contributed by atoms with E-state index in [0.29, 0.717) is 0 Å². The second kappa shape index (κ2) is 3.06. The Hall–Kier alpha value is -1.43. The molecule has 0 saturated heterocycles. The Morgan fingerprint density at radius 3 is 3.00 bits per heavy atom. The maximum atomic E-state index is 13.4. The third-order valence-electron chi connectivity index (χ3n) is 1.78. The molecule has 0 spiro atoms. The van der Waals surface area contributed by atoms with Crippen LogP contribution < -0.4 is 0 Å². The summed E-state index contributed by atoms with van der Waals surface area (Å²) in [5.41, 5.74) is 0.146. The molecule has 14 heavy (non-hydrogen) atoms. The van der Waals surface area contributed by atoms with E-state index in [1.807, 2.05) is 0 Å². The summed E-state index contributed by atoms with van der Waals surface area (Å²) in [4.78, 5) is 16.9. The minimum absolute atomic E-state index is 0.0792. The van der Waals surface area contributed by atoms with Crippen LogP contribution in [0, 0.1) is 5.82 Å². The SMILES string of the molecule is O=C(O)c1cc2c(F)c(Br)cnc2[nH]1. The number of hydrogen-bond acceptors (Lipinski definition) is 2. The van der Waals surface area contributed by atoms with Crippen LogP contribution in [0.4, 0.5) is 4.39 Å². The van der Waals surface area contributed by atoms with E-state index in [1.165, 1.54) is 12.3 Å². The number of aromatic nitrogens is 2. The fraction of sp³-hybridized carbons (Fsp3) is 0. The molecule has 72 valence electrons. The molecule has 0 saturated carbocycles. The lowest BCUT2D eigenvalue weighted by atomic mass is 10.3. The molecule has 4 nitrogen and oxygen atoms in total. The molecule has 0 unspecified atom stereocenters. The Morgan fingerprint density at radius 1 is 1.64 bits per heavy atom. The first-order chi connectivity index (χ1) is 6.59. The van der Waals surface area contributed by atoms with Gasteiger partial charge in [0.15, 0.2) is 0 Å². The summed E-state index contributed by atoms with van der Waals surface area (Å²) in [5.74, 6) is -1.66. The molecule has 0 fully saturated rings. The van der Waals surface area contributed by atoms with Crippen LogP contribution in [-0.4, -0.2) is 21.0 Å². The van der Waals surface area contributed by atoms with E-state index in [2.05, 4.69) is 25.9 Å². The molecule has 0 aromatic carbocycles.